The molecule has 2 aromatic rings. The Balaban J connectivity index is 1.59. The molecule has 4 heteroatoms. The molecule has 4 nitrogen and oxygen atoms in total. The number of ether oxygens (including phenoxy) is 1. The van der Waals surface area contributed by atoms with Crippen molar-refractivity contribution in [2.75, 3.05) is 13.1 Å². The molecule has 0 spiro atoms. The standard InChI is InChI=1S/C17H17N3O/c18-11-16-17(7-4-9-19-16)21-15-8-10-20(13-15)12-14-5-2-1-3-6-14/h1-7,9,15H,8,10,12-13H2. The van der Waals surface area contributed by atoms with E-state index in [4.69, 9.17) is 10.00 Å². The number of rotatable bonds is 4. The van der Waals surface area contributed by atoms with Crippen molar-refractivity contribution in [1.29, 1.82) is 5.26 Å². The van der Waals surface area contributed by atoms with Crippen molar-refractivity contribution >= 4 is 0 Å². The summed E-state index contributed by atoms with van der Waals surface area (Å²) in [6.45, 7) is 2.84. The van der Waals surface area contributed by atoms with Gasteiger partial charge in [-0.3, -0.25) is 4.90 Å². The highest BCUT2D eigenvalue weighted by atomic mass is 16.5. The zero-order valence-electron chi connectivity index (χ0n) is 11.8. The minimum Gasteiger partial charge on any atom is -0.486 e. The fraction of sp³-hybridized carbons (Fsp3) is 0.294. The van der Waals surface area contributed by atoms with Gasteiger partial charge in [0.25, 0.3) is 0 Å². The van der Waals surface area contributed by atoms with Gasteiger partial charge in [-0.2, -0.15) is 5.26 Å². The molecule has 1 aliphatic heterocycles. The molecule has 0 N–H and O–H groups in total. The van der Waals surface area contributed by atoms with Gasteiger partial charge in [0.15, 0.2) is 11.4 Å². The number of hydrogen-bond acceptors (Lipinski definition) is 4. The molecular weight excluding hydrogens is 262 g/mol. The lowest BCUT2D eigenvalue weighted by Gasteiger charge is -2.17. The summed E-state index contributed by atoms with van der Waals surface area (Å²) in [4.78, 5) is 6.40. The monoisotopic (exact) mass is 279 g/mol. The van der Waals surface area contributed by atoms with Gasteiger partial charge in [0.05, 0.1) is 0 Å². The fourth-order valence-electron chi connectivity index (χ4n) is 2.63. The molecule has 1 aromatic heterocycles. The second kappa shape index (κ2) is 6.38. The molecule has 0 bridgehead atoms. The Morgan fingerprint density at radius 3 is 2.90 bits per heavy atom. The topological polar surface area (TPSA) is 49.1 Å². The smallest absolute Gasteiger partial charge is 0.182 e. The van der Waals surface area contributed by atoms with Gasteiger partial charge in [0.1, 0.15) is 12.2 Å². The van der Waals surface area contributed by atoms with Gasteiger partial charge >= 0.3 is 0 Å². The maximum Gasteiger partial charge on any atom is 0.182 e. The summed E-state index contributed by atoms with van der Waals surface area (Å²) in [5, 5.41) is 9.04. The van der Waals surface area contributed by atoms with Crippen molar-refractivity contribution in [3.05, 3.63) is 59.9 Å². The van der Waals surface area contributed by atoms with Crippen LogP contribution in [0.5, 0.6) is 5.75 Å². The maximum absolute atomic E-state index is 9.04. The highest BCUT2D eigenvalue weighted by Gasteiger charge is 2.24. The molecule has 1 saturated heterocycles. The predicted molar refractivity (Wildman–Crippen MR) is 79.7 cm³/mol. The van der Waals surface area contributed by atoms with E-state index in [9.17, 15) is 0 Å². The average Bonchev–Trinajstić information content (AvgIpc) is 2.96. The second-order valence-corrected chi connectivity index (χ2v) is 5.21. The Morgan fingerprint density at radius 1 is 1.24 bits per heavy atom. The van der Waals surface area contributed by atoms with Crippen LogP contribution in [0.1, 0.15) is 17.7 Å². The Bertz CT molecular complexity index is 636. The van der Waals surface area contributed by atoms with Crippen molar-refractivity contribution in [2.45, 2.75) is 19.1 Å². The molecule has 0 saturated carbocycles. The molecule has 106 valence electrons. The fourth-order valence-corrected chi connectivity index (χ4v) is 2.63. The van der Waals surface area contributed by atoms with E-state index in [2.05, 4.69) is 40.2 Å². The molecular formula is C17H17N3O. The Kier molecular flexibility index (Phi) is 4.13. The molecule has 1 fully saturated rings. The van der Waals surface area contributed by atoms with Crippen molar-refractivity contribution in [3.8, 4) is 11.8 Å². The van der Waals surface area contributed by atoms with E-state index in [0.717, 1.165) is 26.1 Å². The predicted octanol–water partition coefficient (Wildman–Crippen LogP) is 2.61. The molecule has 1 aromatic carbocycles. The number of likely N-dealkylation sites (tertiary alicyclic amines) is 1. The number of nitrogens with zero attached hydrogens (tertiary/aromatic N) is 3. The number of nitriles is 1. The molecule has 1 aliphatic rings. The molecule has 0 amide bonds. The summed E-state index contributed by atoms with van der Waals surface area (Å²) in [5.74, 6) is 0.589. The first-order chi connectivity index (χ1) is 10.3. The molecule has 21 heavy (non-hydrogen) atoms. The zero-order valence-corrected chi connectivity index (χ0v) is 11.8. The summed E-state index contributed by atoms with van der Waals surface area (Å²) in [6, 6.07) is 16.1. The van der Waals surface area contributed by atoms with Gasteiger partial charge in [0.2, 0.25) is 0 Å². The summed E-state index contributed by atoms with van der Waals surface area (Å²) in [7, 11) is 0. The van der Waals surface area contributed by atoms with Gasteiger partial charge in [-0.1, -0.05) is 30.3 Å². The van der Waals surface area contributed by atoms with E-state index in [1.54, 1.807) is 12.3 Å². The molecule has 1 atom stereocenters. The third kappa shape index (κ3) is 3.39. The largest absolute Gasteiger partial charge is 0.486 e. The van der Waals surface area contributed by atoms with Crippen LogP contribution in [0.2, 0.25) is 0 Å². The Labute approximate surface area is 124 Å². The molecule has 2 heterocycles. The number of pyridine rings is 1. The molecule has 0 aliphatic carbocycles. The van der Waals surface area contributed by atoms with Crippen LogP contribution in [0.4, 0.5) is 0 Å². The van der Waals surface area contributed by atoms with E-state index in [0.29, 0.717) is 11.4 Å². The summed E-state index contributed by atoms with van der Waals surface area (Å²) in [6.07, 6.45) is 2.72. The Hall–Kier alpha value is -2.38. The first kappa shape index (κ1) is 13.6. The SMILES string of the molecule is N#Cc1ncccc1OC1CCN(Cc2ccccc2)C1. The zero-order chi connectivity index (χ0) is 14.5. The summed E-state index contributed by atoms with van der Waals surface area (Å²) < 4.78 is 5.94. The van der Waals surface area contributed by atoms with Gasteiger partial charge in [0, 0.05) is 25.8 Å². The lowest BCUT2D eigenvalue weighted by Crippen LogP contribution is -2.24. The lowest BCUT2D eigenvalue weighted by molar-refractivity contribution is 0.197. The van der Waals surface area contributed by atoms with Crippen LogP contribution < -0.4 is 4.74 Å². The van der Waals surface area contributed by atoms with Crippen LogP contribution >= 0.6 is 0 Å². The second-order valence-electron chi connectivity index (χ2n) is 5.21. The summed E-state index contributed by atoms with van der Waals surface area (Å²) >= 11 is 0. The van der Waals surface area contributed by atoms with Gasteiger partial charge in [-0.15, -0.1) is 0 Å². The van der Waals surface area contributed by atoms with Gasteiger partial charge in [-0.25, -0.2) is 4.98 Å². The van der Waals surface area contributed by atoms with Crippen LogP contribution in [0.25, 0.3) is 0 Å². The van der Waals surface area contributed by atoms with E-state index in [-0.39, 0.29) is 6.10 Å². The van der Waals surface area contributed by atoms with E-state index < -0.39 is 0 Å². The van der Waals surface area contributed by atoms with Crippen LogP contribution in [0.3, 0.4) is 0 Å². The number of benzene rings is 1. The highest BCUT2D eigenvalue weighted by molar-refractivity contribution is 5.36. The van der Waals surface area contributed by atoms with E-state index >= 15 is 0 Å². The molecule has 3 rings (SSSR count). The first-order valence-corrected chi connectivity index (χ1v) is 7.13. The number of aromatic nitrogens is 1. The average molecular weight is 279 g/mol. The van der Waals surface area contributed by atoms with Crippen molar-refractivity contribution < 1.29 is 4.74 Å². The molecule has 1 unspecified atom stereocenters. The highest BCUT2D eigenvalue weighted by Crippen LogP contribution is 2.21. The van der Waals surface area contributed by atoms with Crippen LogP contribution in [0.15, 0.2) is 48.7 Å². The minimum absolute atomic E-state index is 0.130. The van der Waals surface area contributed by atoms with Crippen LogP contribution in [0, 0.1) is 11.3 Å². The van der Waals surface area contributed by atoms with E-state index in [1.165, 1.54) is 5.56 Å². The maximum atomic E-state index is 9.04. The summed E-state index contributed by atoms with van der Waals surface area (Å²) in [5.41, 5.74) is 1.68. The van der Waals surface area contributed by atoms with Crippen LogP contribution in [-0.4, -0.2) is 29.1 Å². The van der Waals surface area contributed by atoms with Gasteiger partial charge in [-0.05, 0) is 24.1 Å². The minimum atomic E-state index is 0.130. The lowest BCUT2D eigenvalue weighted by atomic mass is 10.2. The normalized spacial score (nSPS) is 18.3. The quantitative estimate of drug-likeness (QED) is 0.863. The third-order valence-corrected chi connectivity index (χ3v) is 3.65. The first-order valence-electron chi connectivity index (χ1n) is 7.13. The van der Waals surface area contributed by atoms with Crippen molar-refractivity contribution in [1.82, 2.24) is 9.88 Å². The van der Waals surface area contributed by atoms with Crippen LogP contribution in [-0.2, 0) is 6.54 Å². The molecule has 0 radical (unpaired) electrons. The Morgan fingerprint density at radius 2 is 2.10 bits per heavy atom. The third-order valence-electron chi connectivity index (χ3n) is 3.65. The van der Waals surface area contributed by atoms with E-state index in [1.807, 2.05) is 12.1 Å². The van der Waals surface area contributed by atoms with Crippen molar-refractivity contribution in [2.24, 2.45) is 0 Å². The van der Waals surface area contributed by atoms with Gasteiger partial charge < -0.3 is 4.74 Å². The van der Waals surface area contributed by atoms with Crippen molar-refractivity contribution in [3.63, 3.8) is 0 Å². The number of hydrogen-bond donors (Lipinski definition) is 0.